The Labute approximate surface area is 157 Å². The normalized spacial score (nSPS) is 10.1. The van der Waals surface area contributed by atoms with Crippen LogP contribution in [0.4, 0.5) is 5.69 Å². The fraction of sp³-hybridized carbons (Fsp3) is 0.0909. The van der Waals surface area contributed by atoms with Gasteiger partial charge in [-0.05, 0) is 42.0 Å². The smallest absolute Gasteiger partial charge is 0.337 e. The second-order valence-electron chi connectivity index (χ2n) is 5.79. The molecule has 0 atom stereocenters. The van der Waals surface area contributed by atoms with Gasteiger partial charge in [0.05, 0.1) is 18.2 Å². The summed E-state index contributed by atoms with van der Waals surface area (Å²) in [5.74, 6) is -0.206. The highest BCUT2D eigenvalue weighted by Gasteiger charge is 2.13. The molecular weight excluding hydrogens is 342 g/mol. The number of nitrogens with one attached hydrogen (secondary N) is 1. The second kappa shape index (κ2) is 8.67. The quantitative estimate of drug-likeness (QED) is 0.665. The van der Waals surface area contributed by atoms with Crippen LogP contribution in [0.5, 0.6) is 5.75 Å². The van der Waals surface area contributed by atoms with Crippen molar-refractivity contribution in [1.82, 2.24) is 0 Å². The van der Waals surface area contributed by atoms with Crippen molar-refractivity contribution in [3.05, 3.63) is 95.6 Å². The van der Waals surface area contributed by atoms with E-state index in [0.29, 0.717) is 29.2 Å². The van der Waals surface area contributed by atoms with Gasteiger partial charge in [0.15, 0.2) is 0 Å². The number of amides is 1. The van der Waals surface area contributed by atoms with Crippen LogP contribution in [-0.4, -0.2) is 19.0 Å². The van der Waals surface area contributed by atoms with E-state index in [1.54, 1.807) is 42.5 Å². The van der Waals surface area contributed by atoms with Crippen LogP contribution in [0, 0.1) is 0 Å². The van der Waals surface area contributed by atoms with E-state index in [2.05, 4.69) is 10.1 Å². The zero-order valence-electron chi connectivity index (χ0n) is 14.8. The first-order valence-corrected chi connectivity index (χ1v) is 8.43. The zero-order valence-corrected chi connectivity index (χ0v) is 14.8. The molecule has 0 fully saturated rings. The van der Waals surface area contributed by atoms with Crippen molar-refractivity contribution in [2.45, 2.75) is 6.61 Å². The van der Waals surface area contributed by atoms with Gasteiger partial charge in [0.2, 0.25) is 0 Å². The van der Waals surface area contributed by atoms with E-state index in [4.69, 9.17) is 4.74 Å². The van der Waals surface area contributed by atoms with Crippen molar-refractivity contribution < 1.29 is 19.1 Å². The Morgan fingerprint density at radius 1 is 0.852 bits per heavy atom. The summed E-state index contributed by atoms with van der Waals surface area (Å²) in [6.45, 7) is 0.374. The number of methoxy groups -OCH3 is 1. The van der Waals surface area contributed by atoms with Gasteiger partial charge in [0, 0.05) is 5.69 Å². The Balaban J connectivity index is 1.70. The molecule has 1 amide bonds. The second-order valence-corrected chi connectivity index (χ2v) is 5.79. The Morgan fingerprint density at radius 2 is 1.52 bits per heavy atom. The number of hydrogen-bond donors (Lipinski definition) is 1. The summed E-state index contributed by atoms with van der Waals surface area (Å²) in [7, 11) is 1.32. The first-order chi connectivity index (χ1) is 13.2. The molecule has 0 aliphatic carbocycles. The molecule has 27 heavy (non-hydrogen) atoms. The number of benzene rings is 3. The standard InChI is InChI=1S/C22H19NO4/c1-26-22(25)17-11-13-18(14-12-17)23-21(24)19-9-5-6-10-20(19)27-15-16-7-3-2-4-8-16/h2-14H,15H2,1H3,(H,23,24). The van der Waals surface area contributed by atoms with Crippen LogP contribution in [0.25, 0.3) is 0 Å². The number of carbonyl (C=O) groups is 2. The minimum atomic E-state index is -0.424. The van der Waals surface area contributed by atoms with E-state index in [1.165, 1.54) is 7.11 Å². The number of carbonyl (C=O) groups excluding carboxylic acids is 2. The van der Waals surface area contributed by atoms with Crippen LogP contribution < -0.4 is 10.1 Å². The largest absolute Gasteiger partial charge is 0.488 e. The molecule has 0 heterocycles. The lowest BCUT2D eigenvalue weighted by Gasteiger charge is -2.12. The third-order valence-electron chi connectivity index (χ3n) is 3.93. The fourth-order valence-electron chi connectivity index (χ4n) is 2.52. The van der Waals surface area contributed by atoms with Crippen molar-refractivity contribution >= 4 is 17.6 Å². The molecule has 3 aromatic rings. The average Bonchev–Trinajstić information content (AvgIpc) is 2.73. The number of para-hydroxylation sites is 1. The third-order valence-corrected chi connectivity index (χ3v) is 3.93. The number of anilines is 1. The van der Waals surface area contributed by atoms with Crippen LogP contribution >= 0.6 is 0 Å². The molecule has 1 N–H and O–H groups in total. The van der Waals surface area contributed by atoms with Gasteiger partial charge in [0.1, 0.15) is 12.4 Å². The van der Waals surface area contributed by atoms with E-state index in [-0.39, 0.29) is 5.91 Å². The summed E-state index contributed by atoms with van der Waals surface area (Å²) in [5, 5.41) is 2.81. The molecule has 0 bridgehead atoms. The Bertz CT molecular complexity index is 921. The zero-order chi connectivity index (χ0) is 19.1. The molecular formula is C22H19NO4. The summed E-state index contributed by atoms with van der Waals surface area (Å²) < 4.78 is 10.5. The number of rotatable bonds is 6. The molecule has 0 aromatic heterocycles. The van der Waals surface area contributed by atoms with E-state index >= 15 is 0 Å². The molecule has 3 aromatic carbocycles. The monoisotopic (exact) mass is 361 g/mol. The Kier molecular flexibility index (Phi) is 5.84. The van der Waals surface area contributed by atoms with Crippen molar-refractivity contribution in [3.63, 3.8) is 0 Å². The average molecular weight is 361 g/mol. The summed E-state index contributed by atoms with van der Waals surface area (Å²) in [4.78, 5) is 24.1. The minimum absolute atomic E-state index is 0.288. The highest BCUT2D eigenvalue weighted by Crippen LogP contribution is 2.21. The van der Waals surface area contributed by atoms with Gasteiger partial charge < -0.3 is 14.8 Å². The molecule has 0 aliphatic rings. The molecule has 136 valence electrons. The highest BCUT2D eigenvalue weighted by molar-refractivity contribution is 6.06. The summed E-state index contributed by atoms with van der Waals surface area (Å²) in [6.07, 6.45) is 0. The van der Waals surface area contributed by atoms with Gasteiger partial charge in [-0.15, -0.1) is 0 Å². The van der Waals surface area contributed by atoms with Gasteiger partial charge in [-0.25, -0.2) is 4.79 Å². The van der Waals surface area contributed by atoms with Crippen LogP contribution in [0.1, 0.15) is 26.3 Å². The lowest BCUT2D eigenvalue weighted by Crippen LogP contribution is -2.14. The highest BCUT2D eigenvalue weighted by atomic mass is 16.5. The van der Waals surface area contributed by atoms with Crippen LogP contribution in [0.2, 0.25) is 0 Å². The maximum absolute atomic E-state index is 12.6. The first kappa shape index (κ1) is 18.2. The molecule has 0 spiro atoms. The summed E-state index contributed by atoms with van der Waals surface area (Å²) in [6, 6.07) is 23.3. The van der Waals surface area contributed by atoms with Crippen molar-refractivity contribution in [2.24, 2.45) is 0 Å². The van der Waals surface area contributed by atoms with Gasteiger partial charge in [-0.3, -0.25) is 4.79 Å². The maximum atomic E-state index is 12.6. The van der Waals surface area contributed by atoms with Gasteiger partial charge in [-0.2, -0.15) is 0 Å². The number of ether oxygens (including phenoxy) is 2. The lowest BCUT2D eigenvalue weighted by molar-refractivity contribution is 0.0600. The Hall–Kier alpha value is -3.60. The van der Waals surface area contributed by atoms with Crippen LogP contribution in [0.15, 0.2) is 78.9 Å². The predicted molar refractivity (Wildman–Crippen MR) is 103 cm³/mol. The molecule has 5 heteroatoms. The molecule has 0 aliphatic heterocycles. The number of esters is 1. The van der Waals surface area contributed by atoms with Crippen LogP contribution in [0.3, 0.4) is 0 Å². The predicted octanol–water partition coefficient (Wildman–Crippen LogP) is 4.30. The van der Waals surface area contributed by atoms with Crippen molar-refractivity contribution in [2.75, 3.05) is 12.4 Å². The maximum Gasteiger partial charge on any atom is 0.337 e. The minimum Gasteiger partial charge on any atom is -0.488 e. The van der Waals surface area contributed by atoms with E-state index < -0.39 is 5.97 Å². The third kappa shape index (κ3) is 4.73. The summed E-state index contributed by atoms with van der Waals surface area (Å²) in [5.41, 5.74) is 2.45. The Morgan fingerprint density at radius 3 is 2.22 bits per heavy atom. The molecule has 0 saturated carbocycles. The number of hydrogen-bond acceptors (Lipinski definition) is 4. The molecule has 3 rings (SSSR count). The van der Waals surface area contributed by atoms with E-state index in [0.717, 1.165) is 5.56 Å². The van der Waals surface area contributed by atoms with Gasteiger partial charge >= 0.3 is 5.97 Å². The fourth-order valence-corrected chi connectivity index (χ4v) is 2.52. The SMILES string of the molecule is COC(=O)c1ccc(NC(=O)c2ccccc2OCc2ccccc2)cc1. The first-order valence-electron chi connectivity index (χ1n) is 8.43. The van der Waals surface area contributed by atoms with Gasteiger partial charge in [-0.1, -0.05) is 42.5 Å². The van der Waals surface area contributed by atoms with E-state index in [9.17, 15) is 9.59 Å². The van der Waals surface area contributed by atoms with Gasteiger partial charge in [0.25, 0.3) is 5.91 Å². The van der Waals surface area contributed by atoms with Crippen LogP contribution in [-0.2, 0) is 11.3 Å². The lowest BCUT2D eigenvalue weighted by atomic mass is 10.1. The topological polar surface area (TPSA) is 64.6 Å². The molecule has 0 saturated heterocycles. The molecule has 0 unspecified atom stereocenters. The summed E-state index contributed by atoms with van der Waals surface area (Å²) >= 11 is 0. The molecule has 5 nitrogen and oxygen atoms in total. The molecule has 0 radical (unpaired) electrons. The van der Waals surface area contributed by atoms with Crippen molar-refractivity contribution in [1.29, 1.82) is 0 Å². The van der Waals surface area contributed by atoms with E-state index in [1.807, 2.05) is 36.4 Å². The van der Waals surface area contributed by atoms with Crippen molar-refractivity contribution in [3.8, 4) is 5.75 Å².